The average molecular weight is 439 g/mol. The van der Waals surface area contributed by atoms with E-state index in [-0.39, 0.29) is 26.1 Å². The van der Waals surface area contributed by atoms with Crippen molar-refractivity contribution in [2.45, 2.75) is 103 Å². The first-order valence-electron chi connectivity index (χ1n) is 10.8. The minimum Gasteiger partial charge on any atom is -0.481 e. The molecule has 0 saturated carbocycles. The predicted octanol–water partition coefficient (Wildman–Crippen LogP) is 3.04. The molecule has 0 radical (unpaired) electrons. The van der Waals surface area contributed by atoms with Crippen LogP contribution >= 0.6 is 0 Å². The van der Waals surface area contributed by atoms with Crippen LogP contribution in [-0.2, 0) is 14.4 Å². The number of hydrogen-bond acceptors (Lipinski definition) is 6. The summed E-state index contributed by atoms with van der Waals surface area (Å²) in [6.07, 6.45) is 11.5. The molecule has 30 heavy (non-hydrogen) atoms. The lowest BCUT2D eigenvalue weighted by Gasteiger charge is -2.00. The smallest absolute Gasteiger partial charge is 0.303 e. The Kier molecular flexibility index (Phi) is 30.0. The monoisotopic (exact) mass is 438 g/mol. The van der Waals surface area contributed by atoms with Crippen molar-refractivity contribution in [3.8, 4) is 0 Å². The molecule has 180 valence electrons. The molecule has 0 aromatic carbocycles. The van der Waals surface area contributed by atoms with Crippen molar-refractivity contribution in [3.05, 3.63) is 0 Å². The molecule has 0 bridgehead atoms. The van der Waals surface area contributed by atoms with Crippen LogP contribution in [0.2, 0.25) is 0 Å². The molecule has 9 nitrogen and oxygen atoms in total. The zero-order valence-corrected chi connectivity index (χ0v) is 18.3. The van der Waals surface area contributed by atoms with E-state index in [2.05, 4.69) is 6.92 Å². The summed E-state index contributed by atoms with van der Waals surface area (Å²) in [5.74, 6) is -2.40. The van der Waals surface area contributed by atoms with Crippen molar-refractivity contribution in [3.63, 3.8) is 0 Å². The largest absolute Gasteiger partial charge is 0.481 e. The van der Waals surface area contributed by atoms with Crippen molar-refractivity contribution in [2.75, 3.05) is 13.2 Å². The van der Waals surface area contributed by atoms with Crippen LogP contribution in [0.15, 0.2) is 0 Å². The second-order valence-electron chi connectivity index (χ2n) is 6.99. The van der Waals surface area contributed by atoms with Crippen LogP contribution in [0.3, 0.4) is 0 Å². The van der Waals surface area contributed by atoms with Gasteiger partial charge in [0, 0.05) is 19.3 Å². The minimum absolute atomic E-state index is 0.0628. The Morgan fingerprint density at radius 2 is 0.833 bits per heavy atom. The number of carboxylic acid groups (broad SMARTS) is 3. The fourth-order valence-electron chi connectivity index (χ4n) is 2.20. The minimum atomic E-state index is -0.954. The molecule has 0 aliphatic heterocycles. The Morgan fingerprint density at radius 3 is 1.07 bits per heavy atom. The highest BCUT2D eigenvalue weighted by Gasteiger charge is 1.99. The zero-order chi connectivity index (χ0) is 23.6. The van der Waals surface area contributed by atoms with E-state index in [1.54, 1.807) is 0 Å². The highest BCUT2D eigenvalue weighted by atomic mass is 16.4. The molecule has 9 heteroatoms. The van der Waals surface area contributed by atoms with Gasteiger partial charge >= 0.3 is 17.9 Å². The molecule has 0 heterocycles. The molecule has 0 aliphatic rings. The molecule has 0 fully saturated rings. The molecule has 0 saturated heterocycles. The van der Waals surface area contributed by atoms with Gasteiger partial charge in [-0.1, -0.05) is 58.3 Å². The van der Waals surface area contributed by atoms with Crippen LogP contribution in [0, 0.1) is 0 Å². The number of carboxylic acids is 3. The summed E-state index contributed by atoms with van der Waals surface area (Å²) in [4.78, 5) is 30.0. The van der Waals surface area contributed by atoms with Crippen molar-refractivity contribution in [1.29, 1.82) is 0 Å². The second kappa shape index (κ2) is 27.3. The zero-order valence-electron chi connectivity index (χ0n) is 18.3. The molecule has 0 unspecified atom stereocenters. The van der Waals surface area contributed by atoms with Gasteiger partial charge in [-0.3, -0.25) is 14.4 Å². The second-order valence-corrected chi connectivity index (χ2v) is 6.99. The SMILES string of the molecule is CCCCCCCCCCCC(=O)O.O=C(O)CCCCC(=O)O.OCC(O)CO. The van der Waals surface area contributed by atoms with Crippen LogP contribution < -0.4 is 0 Å². The van der Waals surface area contributed by atoms with Crippen LogP contribution in [0.1, 0.15) is 96.8 Å². The highest BCUT2D eigenvalue weighted by Crippen LogP contribution is 2.10. The Balaban J connectivity index is -0.000000397. The Hall–Kier alpha value is -1.71. The van der Waals surface area contributed by atoms with Crippen LogP contribution in [-0.4, -0.2) is 67.9 Å². The third-order valence-electron chi connectivity index (χ3n) is 3.95. The van der Waals surface area contributed by atoms with Gasteiger partial charge in [0.05, 0.1) is 13.2 Å². The van der Waals surface area contributed by atoms with Gasteiger partial charge in [0.2, 0.25) is 0 Å². The maximum atomic E-state index is 10.2. The number of aliphatic carboxylic acids is 3. The van der Waals surface area contributed by atoms with Gasteiger partial charge in [-0.2, -0.15) is 0 Å². The molecule has 0 amide bonds. The molecular weight excluding hydrogens is 396 g/mol. The summed E-state index contributed by atoms with van der Waals surface area (Å²) in [6.45, 7) is 1.50. The average Bonchev–Trinajstić information content (AvgIpc) is 2.70. The number of unbranched alkanes of at least 4 members (excludes halogenated alkanes) is 9. The standard InChI is InChI=1S/C12H24O2.C6H10O4.C3H8O3/c1-2-3-4-5-6-7-8-9-10-11-12(13)14;7-5(8)3-1-2-4-6(9)10;4-1-3(6)2-5/h2-11H2,1H3,(H,13,14);1-4H2,(H,7,8)(H,9,10);3-6H,1-2H2. The third kappa shape index (κ3) is 40.8. The molecule has 0 rings (SSSR count). The van der Waals surface area contributed by atoms with E-state index in [0.29, 0.717) is 19.3 Å². The van der Waals surface area contributed by atoms with Crippen LogP contribution in [0.25, 0.3) is 0 Å². The first kappa shape index (κ1) is 32.9. The molecule has 0 atom stereocenters. The summed E-state index contributed by atoms with van der Waals surface area (Å²) in [7, 11) is 0. The van der Waals surface area contributed by atoms with Gasteiger partial charge in [-0.05, 0) is 19.3 Å². The summed E-state index contributed by atoms with van der Waals surface area (Å²) in [5, 5.41) is 48.7. The van der Waals surface area contributed by atoms with Crippen molar-refractivity contribution >= 4 is 17.9 Å². The van der Waals surface area contributed by atoms with Crippen LogP contribution in [0.5, 0.6) is 0 Å². The normalized spacial score (nSPS) is 9.90. The highest BCUT2D eigenvalue weighted by molar-refractivity contribution is 5.68. The number of carbonyl (C=O) groups is 3. The first-order valence-corrected chi connectivity index (χ1v) is 10.8. The Bertz CT molecular complexity index is 380. The third-order valence-corrected chi connectivity index (χ3v) is 3.95. The van der Waals surface area contributed by atoms with E-state index in [1.807, 2.05) is 0 Å². The molecule has 0 aromatic rings. The van der Waals surface area contributed by atoms with Gasteiger partial charge in [-0.25, -0.2) is 0 Å². The number of aliphatic hydroxyl groups excluding tert-OH is 3. The predicted molar refractivity (Wildman–Crippen MR) is 113 cm³/mol. The van der Waals surface area contributed by atoms with E-state index in [0.717, 1.165) is 12.8 Å². The number of hydrogen-bond donors (Lipinski definition) is 6. The summed E-state index contributed by atoms with van der Waals surface area (Å²) in [5.41, 5.74) is 0. The molecule has 0 aromatic heterocycles. The molecular formula is C21H42O9. The maximum Gasteiger partial charge on any atom is 0.303 e. The summed E-state index contributed by atoms with van der Waals surface area (Å²) >= 11 is 0. The van der Waals surface area contributed by atoms with E-state index in [9.17, 15) is 14.4 Å². The lowest BCUT2D eigenvalue weighted by atomic mass is 10.1. The topological polar surface area (TPSA) is 173 Å². The maximum absolute atomic E-state index is 10.2. The summed E-state index contributed by atoms with van der Waals surface area (Å²) in [6, 6.07) is 0. The summed E-state index contributed by atoms with van der Waals surface area (Å²) < 4.78 is 0. The van der Waals surface area contributed by atoms with E-state index in [1.165, 1.54) is 44.9 Å². The van der Waals surface area contributed by atoms with E-state index >= 15 is 0 Å². The number of rotatable bonds is 17. The Morgan fingerprint density at radius 1 is 0.567 bits per heavy atom. The van der Waals surface area contributed by atoms with Gasteiger partial charge in [0.1, 0.15) is 6.10 Å². The van der Waals surface area contributed by atoms with Gasteiger partial charge < -0.3 is 30.6 Å². The Labute approximate surface area is 179 Å². The first-order chi connectivity index (χ1) is 14.2. The van der Waals surface area contributed by atoms with Crippen molar-refractivity contribution in [1.82, 2.24) is 0 Å². The molecule has 0 aliphatic carbocycles. The quantitative estimate of drug-likeness (QED) is 0.187. The lowest BCUT2D eigenvalue weighted by Crippen LogP contribution is -2.15. The molecule has 6 N–H and O–H groups in total. The lowest BCUT2D eigenvalue weighted by molar-refractivity contribution is -0.139. The van der Waals surface area contributed by atoms with E-state index < -0.39 is 24.0 Å². The van der Waals surface area contributed by atoms with Gasteiger partial charge in [-0.15, -0.1) is 0 Å². The van der Waals surface area contributed by atoms with E-state index in [4.69, 9.17) is 30.6 Å². The van der Waals surface area contributed by atoms with Gasteiger partial charge in [0.15, 0.2) is 0 Å². The van der Waals surface area contributed by atoms with Gasteiger partial charge in [0.25, 0.3) is 0 Å². The van der Waals surface area contributed by atoms with Crippen molar-refractivity contribution < 1.29 is 45.0 Å². The fourth-order valence-corrected chi connectivity index (χ4v) is 2.20. The fraction of sp³-hybridized carbons (Fsp3) is 0.857. The molecule has 0 spiro atoms. The number of aliphatic hydroxyl groups is 3. The van der Waals surface area contributed by atoms with Crippen LogP contribution in [0.4, 0.5) is 0 Å². The van der Waals surface area contributed by atoms with Crippen molar-refractivity contribution in [2.24, 2.45) is 0 Å².